The smallest absolute Gasteiger partial charge is 0.118 e. The van der Waals surface area contributed by atoms with Crippen LogP contribution in [0.15, 0.2) is 24.3 Å². The fourth-order valence-electron chi connectivity index (χ4n) is 2.23. The third-order valence-electron chi connectivity index (χ3n) is 3.17. The van der Waals surface area contributed by atoms with Crippen LogP contribution in [0.1, 0.15) is 25.3 Å². The van der Waals surface area contributed by atoms with E-state index in [9.17, 15) is 5.11 Å². The number of methoxy groups -OCH3 is 1. The quantitative estimate of drug-likeness (QED) is 0.832. The summed E-state index contributed by atoms with van der Waals surface area (Å²) in [6.07, 6.45) is 1.42. The van der Waals surface area contributed by atoms with Crippen molar-refractivity contribution in [2.24, 2.45) is 0 Å². The molecule has 1 saturated heterocycles. The molecule has 1 N–H and O–H groups in total. The van der Waals surface area contributed by atoms with Crippen molar-refractivity contribution >= 4 is 0 Å². The predicted octanol–water partition coefficient (Wildman–Crippen LogP) is 2.08. The molecule has 0 radical (unpaired) electrons. The largest absolute Gasteiger partial charge is 0.497 e. The van der Waals surface area contributed by atoms with E-state index in [1.807, 2.05) is 31.2 Å². The minimum Gasteiger partial charge on any atom is -0.497 e. The van der Waals surface area contributed by atoms with Crippen LogP contribution in [0.3, 0.4) is 0 Å². The van der Waals surface area contributed by atoms with Gasteiger partial charge in [0.05, 0.1) is 25.4 Å². The van der Waals surface area contributed by atoms with E-state index < -0.39 is 5.60 Å². The highest BCUT2D eigenvalue weighted by Gasteiger charge is 2.34. The molecule has 88 valence electrons. The Morgan fingerprint density at radius 3 is 2.62 bits per heavy atom. The average molecular weight is 222 g/mol. The molecule has 0 aromatic heterocycles. The molecule has 1 aliphatic heterocycles. The first-order valence-electron chi connectivity index (χ1n) is 5.62. The third kappa shape index (κ3) is 2.20. The Morgan fingerprint density at radius 1 is 1.38 bits per heavy atom. The standard InChI is InChI=1S/C13H18O3/c1-10-9-13(14,7-8-16-10)11-3-5-12(15-2)6-4-11/h3-6,10,14H,7-9H2,1-2H3. The monoisotopic (exact) mass is 222 g/mol. The van der Waals surface area contributed by atoms with Crippen molar-refractivity contribution in [3.05, 3.63) is 29.8 Å². The van der Waals surface area contributed by atoms with Gasteiger partial charge in [0.1, 0.15) is 5.75 Å². The minimum atomic E-state index is -0.746. The molecule has 1 heterocycles. The van der Waals surface area contributed by atoms with E-state index in [4.69, 9.17) is 9.47 Å². The Bertz CT molecular complexity index is 347. The van der Waals surface area contributed by atoms with Crippen LogP contribution in [0.2, 0.25) is 0 Å². The van der Waals surface area contributed by atoms with Gasteiger partial charge in [-0.2, -0.15) is 0 Å². The van der Waals surface area contributed by atoms with Crippen LogP contribution >= 0.6 is 0 Å². The fourth-order valence-corrected chi connectivity index (χ4v) is 2.23. The first kappa shape index (κ1) is 11.4. The average Bonchev–Trinajstić information content (AvgIpc) is 2.29. The molecule has 3 heteroatoms. The molecule has 0 saturated carbocycles. The van der Waals surface area contributed by atoms with Crippen LogP contribution in [0.25, 0.3) is 0 Å². The minimum absolute atomic E-state index is 0.112. The van der Waals surface area contributed by atoms with Gasteiger partial charge in [-0.15, -0.1) is 0 Å². The Kier molecular flexibility index (Phi) is 3.17. The SMILES string of the molecule is COc1ccc(C2(O)CCOC(C)C2)cc1. The third-order valence-corrected chi connectivity index (χ3v) is 3.17. The van der Waals surface area contributed by atoms with Gasteiger partial charge in [0.2, 0.25) is 0 Å². The summed E-state index contributed by atoms with van der Waals surface area (Å²) in [5.74, 6) is 0.812. The maximum atomic E-state index is 10.6. The second-order valence-corrected chi connectivity index (χ2v) is 4.40. The molecule has 0 amide bonds. The van der Waals surface area contributed by atoms with Gasteiger partial charge in [-0.05, 0) is 24.6 Å². The van der Waals surface area contributed by atoms with Crippen molar-refractivity contribution in [1.29, 1.82) is 0 Å². The molecule has 1 aromatic carbocycles. The highest BCUT2D eigenvalue weighted by atomic mass is 16.5. The van der Waals surface area contributed by atoms with Gasteiger partial charge in [0, 0.05) is 12.8 Å². The van der Waals surface area contributed by atoms with Crippen LogP contribution in [-0.4, -0.2) is 24.9 Å². The van der Waals surface area contributed by atoms with Crippen molar-refractivity contribution in [3.8, 4) is 5.75 Å². The number of aliphatic hydroxyl groups is 1. The molecule has 1 aliphatic rings. The van der Waals surface area contributed by atoms with Gasteiger partial charge >= 0.3 is 0 Å². The van der Waals surface area contributed by atoms with E-state index in [0.29, 0.717) is 19.4 Å². The highest BCUT2D eigenvalue weighted by Crippen LogP contribution is 2.35. The van der Waals surface area contributed by atoms with Crippen molar-refractivity contribution in [2.45, 2.75) is 31.5 Å². The Labute approximate surface area is 96.0 Å². The molecule has 16 heavy (non-hydrogen) atoms. The molecule has 2 unspecified atom stereocenters. The van der Waals surface area contributed by atoms with Crippen molar-refractivity contribution in [1.82, 2.24) is 0 Å². The number of rotatable bonds is 2. The summed E-state index contributed by atoms with van der Waals surface area (Å²) in [4.78, 5) is 0. The Hall–Kier alpha value is -1.06. The van der Waals surface area contributed by atoms with Gasteiger partial charge in [0.25, 0.3) is 0 Å². The van der Waals surface area contributed by atoms with Crippen molar-refractivity contribution in [2.75, 3.05) is 13.7 Å². The summed E-state index contributed by atoms with van der Waals surface area (Å²) in [5, 5.41) is 10.6. The zero-order valence-electron chi connectivity index (χ0n) is 9.77. The van der Waals surface area contributed by atoms with E-state index >= 15 is 0 Å². The molecule has 1 fully saturated rings. The van der Waals surface area contributed by atoms with E-state index in [0.717, 1.165) is 11.3 Å². The molecule has 0 spiro atoms. The molecule has 0 bridgehead atoms. The lowest BCUT2D eigenvalue weighted by Crippen LogP contribution is -2.37. The van der Waals surface area contributed by atoms with Gasteiger partial charge in [0.15, 0.2) is 0 Å². The van der Waals surface area contributed by atoms with Crippen LogP contribution in [0.4, 0.5) is 0 Å². The van der Waals surface area contributed by atoms with E-state index in [2.05, 4.69) is 0 Å². The number of ether oxygens (including phenoxy) is 2. The molecule has 0 aliphatic carbocycles. The first-order chi connectivity index (χ1) is 7.64. The van der Waals surface area contributed by atoms with Gasteiger partial charge in [-0.3, -0.25) is 0 Å². The summed E-state index contributed by atoms with van der Waals surface area (Å²) < 4.78 is 10.6. The zero-order valence-corrected chi connectivity index (χ0v) is 9.77. The lowest BCUT2D eigenvalue weighted by Gasteiger charge is -2.36. The predicted molar refractivity (Wildman–Crippen MR) is 61.5 cm³/mol. The van der Waals surface area contributed by atoms with Gasteiger partial charge in [-0.25, -0.2) is 0 Å². The van der Waals surface area contributed by atoms with Crippen LogP contribution in [0, 0.1) is 0 Å². The highest BCUT2D eigenvalue weighted by molar-refractivity contribution is 5.31. The lowest BCUT2D eigenvalue weighted by molar-refractivity contribution is -0.101. The molecule has 1 aromatic rings. The van der Waals surface area contributed by atoms with Crippen LogP contribution in [0.5, 0.6) is 5.75 Å². The maximum absolute atomic E-state index is 10.6. The maximum Gasteiger partial charge on any atom is 0.118 e. The van der Waals surface area contributed by atoms with E-state index in [-0.39, 0.29) is 6.10 Å². The molecular weight excluding hydrogens is 204 g/mol. The normalized spacial score (nSPS) is 30.1. The van der Waals surface area contributed by atoms with Crippen LogP contribution < -0.4 is 4.74 Å². The van der Waals surface area contributed by atoms with Gasteiger partial charge in [-0.1, -0.05) is 12.1 Å². The first-order valence-corrected chi connectivity index (χ1v) is 5.62. The number of benzene rings is 1. The molecule has 2 rings (SSSR count). The fraction of sp³-hybridized carbons (Fsp3) is 0.538. The second kappa shape index (κ2) is 4.44. The summed E-state index contributed by atoms with van der Waals surface area (Å²) >= 11 is 0. The molecule has 3 nitrogen and oxygen atoms in total. The van der Waals surface area contributed by atoms with Crippen molar-refractivity contribution < 1.29 is 14.6 Å². The number of hydrogen-bond acceptors (Lipinski definition) is 3. The number of hydrogen-bond donors (Lipinski definition) is 1. The topological polar surface area (TPSA) is 38.7 Å². The van der Waals surface area contributed by atoms with E-state index in [1.165, 1.54) is 0 Å². The Morgan fingerprint density at radius 2 is 2.06 bits per heavy atom. The second-order valence-electron chi connectivity index (χ2n) is 4.40. The zero-order chi connectivity index (χ0) is 11.6. The lowest BCUT2D eigenvalue weighted by atomic mass is 9.84. The van der Waals surface area contributed by atoms with Gasteiger partial charge < -0.3 is 14.6 Å². The summed E-state index contributed by atoms with van der Waals surface area (Å²) in [6, 6.07) is 7.62. The molecule has 2 atom stereocenters. The summed E-state index contributed by atoms with van der Waals surface area (Å²) in [5.41, 5.74) is 0.202. The molecular formula is C13H18O3. The van der Waals surface area contributed by atoms with Crippen LogP contribution in [-0.2, 0) is 10.3 Å². The van der Waals surface area contributed by atoms with E-state index in [1.54, 1.807) is 7.11 Å². The Balaban J connectivity index is 2.20. The summed E-state index contributed by atoms with van der Waals surface area (Å²) in [7, 11) is 1.64. The van der Waals surface area contributed by atoms with Crippen molar-refractivity contribution in [3.63, 3.8) is 0 Å². The summed E-state index contributed by atoms with van der Waals surface area (Å²) in [6.45, 7) is 2.61.